The first kappa shape index (κ1) is 28.8. The summed E-state index contributed by atoms with van der Waals surface area (Å²) in [5, 5.41) is 4.05. The van der Waals surface area contributed by atoms with E-state index in [1.54, 1.807) is 21.9 Å². The van der Waals surface area contributed by atoms with E-state index in [4.69, 9.17) is 4.98 Å². The Kier molecular flexibility index (Phi) is 8.07. The Morgan fingerprint density at radius 1 is 0.952 bits per heavy atom. The highest BCUT2D eigenvalue weighted by Crippen LogP contribution is 2.26. The Hall–Kier alpha value is -3.29. The molecule has 2 fully saturated rings. The molecule has 42 heavy (non-hydrogen) atoms. The summed E-state index contributed by atoms with van der Waals surface area (Å²) in [6, 6.07) is 10.6. The predicted octanol–water partition coefficient (Wildman–Crippen LogP) is 4.29. The summed E-state index contributed by atoms with van der Waals surface area (Å²) >= 11 is 0. The molecule has 2 aromatic carbocycles. The van der Waals surface area contributed by atoms with E-state index in [9.17, 15) is 8.76 Å². The van der Waals surface area contributed by atoms with Gasteiger partial charge < -0.3 is 14.8 Å². The number of anilines is 2. The molecule has 4 aromatic rings. The number of nitrogens with one attached hydrogen (secondary N) is 1. The van der Waals surface area contributed by atoms with Crippen molar-refractivity contribution in [3.8, 4) is 5.69 Å². The lowest BCUT2D eigenvalue weighted by atomic mass is 10.1. The van der Waals surface area contributed by atoms with Crippen LogP contribution in [-0.2, 0) is 27.5 Å². The fourth-order valence-electron chi connectivity index (χ4n) is 5.50. The number of aromatic nitrogens is 3. The van der Waals surface area contributed by atoms with Crippen LogP contribution in [0.25, 0.3) is 16.7 Å². The number of likely N-dealkylation sites (N-methyl/N-ethyl adjacent to an activating group) is 1. The zero-order valence-electron chi connectivity index (χ0n) is 23.9. The third-order valence-corrected chi connectivity index (χ3v) is 9.90. The van der Waals surface area contributed by atoms with E-state index in [0.29, 0.717) is 30.4 Å². The van der Waals surface area contributed by atoms with Gasteiger partial charge in [-0.05, 0) is 55.4 Å². The quantitative estimate of drug-likeness (QED) is 0.306. The van der Waals surface area contributed by atoms with Crippen molar-refractivity contribution in [2.24, 2.45) is 0 Å². The number of fused-ring (bicyclic) bond motifs is 1. The van der Waals surface area contributed by atoms with Crippen LogP contribution in [0, 0.1) is 18.6 Å². The number of hydrogen-bond donors (Lipinski definition) is 2. The van der Waals surface area contributed by atoms with E-state index in [0.717, 1.165) is 43.8 Å². The molecule has 222 valence electrons. The molecule has 0 bridgehead atoms. The third kappa shape index (κ3) is 6.37. The lowest BCUT2D eigenvalue weighted by Gasteiger charge is -2.32. The first-order valence-corrected chi connectivity index (χ1v) is 16.0. The van der Waals surface area contributed by atoms with Gasteiger partial charge in [-0.25, -0.2) is 13.8 Å². The number of aryl methyl sites for hydroxylation is 1. The second-order valence-electron chi connectivity index (χ2n) is 11.3. The molecule has 0 atom stereocenters. The minimum Gasteiger partial charge on any atom is -0.324 e. The van der Waals surface area contributed by atoms with Gasteiger partial charge in [-0.1, -0.05) is 10.3 Å². The average molecular weight is 597 g/mol. The van der Waals surface area contributed by atoms with Gasteiger partial charge in [0.1, 0.15) is 17.3 Å². The molecule has 2 N–H and O–H groups in total. The highest BCUT2D eigenvalue weighted by molar-refractivity contribution is 7.97. The van der Waals surface area contributed by atoms with E-state index in [1.165, 1.54) is 23.3 Å². The predicted molar refractivity (Wildman–Crippen MR) is 162 cm³/mol. The molecule has 0 spiro atoms. The number of nitrogens with zero attached hydrogens (tertiary/aromatic N) is 6. The Balaban J connectivity index is 1.21. The van der Waals surface area contributed by atoms with Gasteiger partial charge in [-0.2, -0.15) is 9.54 Å². The number of halogens is 2. The van der Waals surface area contributed by atoms with Crippen LogP contribution in [0.4, 0.5) is 20.4 Å². The molecule has 2 aliphatic rings. The van der Waals surface area contributed by atoms with Crippen molar-refractivity contribution >= 4 is 32.9 Å². The molecule has 0 unspecified atom stereocenters. The maximum absolute atomic E-state index is 15.2. The molecule has 2 aromatic heterocycles. The van der Waals surface area contributed by atoms with Crippen LogP contribution in [0.3, 0.4) is 0 Å². The summed E-state index contributed by atoms with van der Waals surface area (Å²) in [7, 11) is -0.673. The van der Waals surface area contributed by atoms with Crippen LogP contribution in [0.2, 0.25) is 0 Å². The molecule has 2 aliphatic heterocycles. The Labute approximate surface area is 245 Å². The molecule has 0 amide bonds. The van der Waals surface area contributed by atoms with Crippen LogP contribution in [-0.4, -0.2) is 91.6 Å². The SMILES string of the molecule is Cc1ccc(Nc2ncc3ccn(-c4cc(F)c(CN5CC[S+](=O)(O)CC5)c(F)c4)c3n2)cc1CN1CCN(C)CC1. The largest absolute Gasteiger partial charge is 0.324 e. The molecule has 0 radical (unpaired) electrons. The molecule has 4 heterocycles. The van der Waals surface area contributed by atoms with Crippen molar-refractivity contribution in [3.63, 3.8) is 0 Å². The Bertz CT molecular complexity index is 1620. The van der Waals surface area contributed by atoms with Gasteiger partial charge in [0.05, 0.1) is 5.69 Å². The first-order valence-electron chi connectivity index (χ1n) is 14.2. The van der Waals surface area contributed by atoms with Crippen molar-refractivity contribution in [1.29, 1.82) is 0 Å². The monoisotopic (exact) mass is 596 g/mol. The van der Waals surface area contributed by atoms with Crippen LogP contribution >= 0.6 is 0 Å². The zero-order chi connectivity index (χ0) is 29.4. The lowest BCUT2D eigenvalue weighted by Crippen LogP contribution is -2.43. The smallest absolute Gasteiger partial charge is 0.229 e. The number of benzene rings is 2. The standard InChI is InChI=1S/C30H35F2N7O2S/c1-21-3-4-24(15-23(21)19-37-9-7-36(2)8-10-37)34-30-33-18-22-5-6-39(29(22)35-30)25-16-27(31)26(28(32)17-25)20-38-11-13-42(40,41)14-12-38/h3-6,15-18H,7-14,19-20H2,1-2H3,(H-,33,34,35,40,41)/p+1. The highest BCUT2D eigenvalue weighted by Gasteiger charge is 2.32. The molecule has 9 nitrogen and oxygen atoms in total. The van der Waals surface area contributed by atoms with E-state index >= 15 is 8.78 Å². The van der Waals surface area contributed by atoms with Crippen molar-refractivity contribution < 1.29 is 17.5 Å². The summed E-state index contributed by atoms with van der Waals surface area (Å²) < 4.78 is 53.6. The minimum absolute atomic E-state index is 0.0451. The van der Waals surface area contributed by atoms with Gasteiger partial charge in [0, 0.05) is 81.4 Å². The maximum atomic E-state index is 15.2. The second-order valence-corrected chi connectivity index (χ2v) is 13.7. The number of hydrogen-bond acceptors (Lipinski definition) is 7. The topological polar surface area (TPSA) is 89.8 Å². The van der Waals surface area contributed by atoms with Crippen LogP contribution in [0.15, 0.2) is 48.8 Å². The fraction of sp³-hybridized carbons (Fsp3) is 0.400. The minimum atomic E-state index is -2.82. The lowest BCUT2D eigenvalue weighted by molar-refractivity contribution is 0.148. The van der Waals surface area contributed by atoms with Gasteiger partial charge in [0.15, 0.2) is 11.5 Å². The number of rotatable bonds is 7. The molecule has 0 saturated carbocycles. The van der Waals surface area contributed by atoms with E-state index < -0.39 is 21.8 Å². The van der Waals surface area contributed by atoms with Crippen molar-refractivity contribution in [2.75, 3.05) is 63.1 Å². The van der Waals surface area contributed by atoms with Gasteiger partial charge in [-0.15, -0.1) is 0 Å². The first-order chi connectivity index (χ1) is 20.1. The maximum Gasteiger partial charge on any atom is 0.229 e. The summed E-state index contributed by atoms with van der Waals surface area (Å²) in [5.41, 5.74) is 4.14. The number of piperazine rings is 1. The van der Waals surface area contributed by atoms with Crippen LogP contribution in [0.1, 0.15) is 16.7 Å². The van der Waals surface area contributed by atoms with Crippen LogP contribution < -0.4 is 5.32 Å². The van der Waals surface area contributed by atoms with Crippen molar-refractivity contribution in [1.82, 2.24) is 29.2 Å². The Morgan fingerprint density at radius 3 is 2.36 bits per heavy atom. The summed E-state index contributed by atoms with van der Waals surface area (Å²) in [6.07, 6.45) is 3.41. The van der Waals surface area contributed by atoms with Gasteiger partial charge in [0.2, 0.25) is 16.2 Å². The molecule has 2 saturated heterocycles. The molecule has 12 heteroatoms. The van der Waals surface area contributed by atoms with Crippen molar-refractivity contribution in [2.45, 2.75) is 20.0 Å². The molecule has 6 rings (SSSR count). The van der Waals surface area contributed by atoms with Gasteiger partial charge in [-0.3, -0.25) is 9.80 Å². The molecular formula is C30H36F2N7O2S+. The van der Waals surface area contributed by atoms with E-state index in [-0.39, 0.29) is 23.6 Å². The summed E-state index contributed by atoms with van der Waals surface area (Å²) in [5.74, 6) is -0.719. The third-order valence-electron chi connectivity index (χ3n) is 8.26. The molecule has 0 aliphatic carbocycles. The molecular weight excluding hydrogens is 560 g/mol. The van der Waals surface area contributed by atoms with E-state index in [1.807, 2.05) is 12.1 Å². The van der Waals surface area contributed by atoms with Gasteiger partial charge in [0.25, 0.3) is 0 Å². The highest BCUT2D eigenvalue weighted by atomic mass is 32.3. The summed E-state index contributed by atoms with van der Waals surface area (Å²) in [6.45, 7) is 7.89. The normalized spacial score (nSPS) is 18.5. The average Bonchev–Trinajstić information content (AvgIpc) is 3.38. The fourth-order valence-corrected chi connectivity index (χ4v) is 6.79. The van der Waals surface area contributed by atoms with E-state index in [2.05, 4.69) is 46.2 Å². The van der Waals surface area contributed by atoms with Crippen LogP contribution in [0.5, 0.6) is 0 Å². The van der Waals surface area contributed by atoms with Gasteiger partial charge >= 0.3 is 0 Å². The zero-order valence-corrected chi connectivity index (χ0v) is 24.7. The van der Waals surface area contributed by atoms with Crippen molar-refractivity contribution in [3.05, 3.63) is 77.1 Å². The second kappa shape index (κ2) is 11.8. The Morgan fingerprint density at radius 2 is 1.64 bits per heavy atom. The summed E-state index contributed by atoms with van der Waals surface area (Å²) in [4.78, 5) is 15.8.